The van der Waals surface area contributed by atoms with E-state index in [4.69, 9.17) is 10.2 Å². The van der Waals surface area contributed by atoms with Gasteiger partial charge in [-0.2, -0.15) is 0 Å². The van der Waals surface area contributed by atoms with E-state index in [1.165, 1.54) is 5.56 Å². The lowest BCUT2D eigenvalue weighted by molar-refractivity contribution is -0.131. The van der Waals surface area contributed by atoms with Crippen molar-refractivity contribution in [2.75, 3.05) is 0 Å². The van der Waals surface area contributed by atoms with Gasteiger partial charge in [0.25, 0.3) is 0 Å². The molecule has 0 aromatic heterocycles. The summed E-state index contributed by atoms with van der Waals surface area (Å²) < 4.78 is 0. The number of carboxylic acids is 2. The molecule has 4 rings (SSSR count). The van der Waals surface area contributed by atoms with E-state index in [0.29, 0.717) is 11.1 Å². The van der Waals surface area contributed by atoms with E-state index >= 15 is 0 Å². The average molecular weight is 348 g/mol. The van der Waals surface area contributed by atoms with Crippen LogP contribution in [0.4, 0.5) is 0 Å². The van der Waals surface area contributed by atoms with Crippen LogP contribution in [-0.4, -0.2) is 22.2 Å². The first-order valence-electron chi connectivity index (χ1n) is 8.47. The molecule has 4 nitrogen and oxygen atoms in total. The molecule has 0 spiro atoms. The molecule has 1 atom stereocenters. The first-order chi connectivity index (χ1) is 12.4. The highest BCUT2D eigenvalue weighted by Gasteiger charge is 2.23. The van der Waals surface area contributed by atoms with Crippen LogP contribution in [0.3, 0.4) is 0 Å². The molecule has 2 aliphatic rings. The van der Waals surface area contributed by atoms with E-state index in [0.717, 1.165) is 28.7 Å². The number of aliphatic carboxylic acids is 2. The molecule has 1 unspecified atom stereocenters. The summed E-state index contributed by atoms with van der Waals surface area (Å²) >= 11 is 0. The van der Waals surface area contributed by atoms with Crippen molar-refractivity contribution in [2.24, 2.45) is 0 Å². The van der Waals surface area contributed by atoms with Crippen LogP contribution in [0.15, 0.2) is 54.6 Å². The number of allylic oxidation sites excluding steroid dienone is 2. The Morgan fingerprint density at radius 2 is 1.58 bits per heavy atom. The number of carboxylic acid groups (broad SMARTS) is 2. The Hall–Kier alpha value is -3.14. The lowest BCUT2D eigenvalue weighted by Gasteiger charge is -2.03. The van der Waals surface area contributed by atoms with Crippen molar-refractivity contribution in [3.63, 3.8) is 0 Å². The normalized spacial score (nSPS) is 16.6. The predicted molar refractivity (Wildman–Crippen MR) is 101 cm³/mol. The first-order valence-corrected chi connectivity index (χ1v) is 8.47. The number of hydrogen-bond donors (Lipinski definition) is 2. The number of hydrogen-bond acceptors (Lipinski definition) is 2. The number of benzene rings is 2. The molecular weight excluding hydrogens is 328 g/mol. The highest BCUT2D eigenvalue weighted by molar-refractivity contribution is 6.17. The maximum atomic E-state index is 10.8. The summed E-state index contributed by atoms with van der Waals surface area (Å²) in [5.74, 6) is -1.44. The second kappa shape index (κ2) is 7.00. The fraction of sp³-hybridized carbons (Fsp3) is 0.182. The second-order valence-electron chi connectivity index (χ2n) is 6.49. The Morgan fingerprint density at radius 3 is 2.27 bits per heavy atom. The van der Waals surface area contributed by atoms with Crippen molar-refractivity contribution in [1.82, 2.24) is 0 Å². The molecule has 0 aliphatic heterocycles. The van der Waals surface area contributed by atoms with E-state index in [9.17, 15) is 9.59 Å². The highest BCUT2D eigenvalue weighted by atomic mass is 16.4. The van der Waals surface area contributed by atoms with Crippen LogP contribution in [0.1, 0.15) is 40.7 Å². The maximum absolute atomic E-state index is 10.8. The van der Waals surface area contributed by atoms with Crippen LogP contribution < -0.4 is 0 Å². The molecular formula is C22H20O4. The zero-order chi connectivity index (χ0) is 18.8. The van der Waals surface area contributed by atoms with Crippen LogP contribution in [0, 0.1) is 6.92 Å². The van der Waals surface area contributed by atoms with Gasteiger partial charge in [-0.1, -0.05) is 61.5 Å². The molecule has 2 aliphatic carbocycles. The molecule has 4 heteroatoms. The van der Waals surface area contributed by atoms with E-state index < -0.39 is 11.9 Å². The third-order valence-electron chi connectivity index (χ3n) is 4.83. The summed E-state index contributed by atoms with van der Waals surface area (Å²) in [6, 6.07) is 13.4. The second-order valence-corrected chi connectivity index (χ2v) is 6.49. The Kier molecular flexibility index (Phi) is 4.76. The number of aryl methyl sites for hydroxylation is 1. The predicted octanol–water partition coefficient (Wildman–Crippen LogP) is 4.29. The van der Waals surface area contributed by atoms with Gasteiger partial charge in [0, 0.05) is 5.92 Å². The minimum Gasteiger partial charge on any atom is -0.478 e. The van der Waals surface area contributed by atoms with Gasteiger partial charge in [0.05, 0.1) is 11.1 Å². The van der Waals surface area contributed by atoms with Gasteiger partial charge < -0.3 is 10.2 Å². The lowest BCUT2D eigenvalue weighted by atomic mass is 10.0. The van der Waals surface area contributed by atoms with Crippen LogP contribution in [0.25, 0.3) is 11.1 Å². The van der Waals surface area contributed by atoms with Crippen molar-refractivity contribution in [1.29, 1.82) is 0 Å². The van der Waals surface area contributed by atoms with Crippen molar-refractivity contribution in [2.45, 2.75) is 26.2 Å². The van der Waals surface area contributed by atoms with Gasteiger partial charge in [0.1, 0.15) is 0 Å². The van der Waals surface area contributed by atoms with Crippen LogP contribution >= 0.6 is 0 Å². The van der Waals surface area contributed by atoms with Gasteiger partial charge in [-0.05, 0) is 41.2 Å². The summed E-state index contributed by atoms with van der Waals surface area (Å²) in [5.41, 5.74) is 6.06. The van der Waals surface area contributed by atoms with Crippen molar-refractivity contribution < 1.29 is 19.8 Å². The Morgan fingerprint density at radius 1 is 0.923 bits per heavy atom. The van der Waals surface area contributed by atoms with Gasteiger partial charge in [0.2, 0.25) is 0 Å². The zero-order valence-corrected chi connectivity index (χ0v) is 14.7. The molecule has 2 aromatic rings. The summed E-state index contributed by atoms with van der Waals surface area (Å²) in [6.45, 7) is 4.02. The van der Waals surface area contributed by atoms with Gasteiger partial charge in [0.15, 0.2) is 0 Å². The number of rotatable bonds is 2. The van der Waals surface area contributed by atoms with E-state index in [1.807, 2.05) is 56.3 Å². The van der Waals surface area contributed by atoms with Gasteiger partial charge in [-0.15, -0.1) is 0 Å². The molecule has 0 radical (unpaired) electrons. The average Bonchev–Trinajstić information content (AvgIpc) is 3.19. The molecule has 132 valence electrons. The van der Waals surface area contributed by atoms with Gasteiger partial charge in [-0.3, -0.25) is 0 Å². The highest BCUT2D eigenvalue weighted by Crippen LogP contribution is 2.35. The fourth-order valence-electron chi connectivity index (χ4n) is 3.50. The van der Waals surface area contributed by atoms with Crippen LogP contribution in [-0.2, 0) is 16.0 Å². The summed E-state index contributed by atoms with van der Waals surface area (Å²) in [4.78, 5) is 21.6. The van der Waals surface area contributed by atoms with Crippen LogP contribution in [0.5, 0.6) is 0 Å². The third kappa shape index (κ3) is 3.18. The zero-order valence-electron chi connectivity index (χ0n) is 14.7. The van der Waals surface area contributed by atoms with E-state index in [1.54, 1.807) is 12.2 Å². The Balaban J connectivity index is 0.000000151. The number of fused-ring (bicyclic) bond motifs is 2. The SMILES string of the molecule is CC1C=C(C(=O)O)c2ccccc21.Cc1cccc2c1CC=C2C(=O)O. The van der Waals surface area contributed by atoms with Gasteiger partial charge >= 0.3 is 11.9 Å². The molecule has 0 saturated heterocycles. The molecule has 0 bridgehead atoms. The Bertz CT molecular complexity index is 950. The smallest absolute Gasteiger partial charge is 0.335 e. The molecule has 2 aromatic carbocycles. The maximum Gasteiger partial charge on any atom is 0.335 e. The van der Waals surface area contributed by atoms with E-state index in [-0.39, 0.29) is 5.92 Å². The summed E-state index contributed by atoms with van der Waals surface area (Å²) in [5, 5.41) is 17.8. The molecule has 0 fully saturated rings. The molecule has 26 heavy (non-hydrogen) atoms. The van der Waals surface area contributed by atoms with Crippen molar-refractivity contribution in [3.05, 3.63) is 82.4 Å². The van der Waals surface area contributed by atoms with E-state index in [2.05, 4.69) is 0 Å². The van der Waals surface area contributed by atoms with Crippen LogP contribution in [0.2, 0.25) is 0 Å². The topological polar surface area (TPSA) is 74.6 Å². The largest absolute Gasteiger partial charge is 0.478 e. The monoisotopic (exact) mass is 348 g/mol. The molecule has 0 heterocycles. The van der Waals surface area contributed by atoms with Crippen molar-refractivity contribution >= 4 is 23.1 Å². The molecule has 2 N–H and O–H groups in total. The Labute approximate surface area is 152 Å². The fourth-order valence-corrected chi connectivity index (χ4v) is 3.50. The first kappa shape index (κ1) is 17.7. The minimum absolute atomic E-state index is 0.224. The molecule has 0 saturated carbocycles. The quantitative estimate of drug-likeness (QED) is 0.849. The minimum atomic E-state index is -0.836. The lowest BCUT2D eigenvalue weighted by Crippen LogP contribution is -1.98. The standard InChI is InChI=1S/2C11H10O2/c1-7-3-2-4-9-8(7)5-6-10(9)11(12)13;1-7-6-10(11(12)13)9-5-3-2-4-8(7)9/h2-4,6H,5H2,1H3,(H,12,13);2-7H,1H3,(H,12,13). The number of carbonyl (C=O) groups is 2. The van der Waals surface area contributed by atoms with Crippen molar-refractivity contribution in [3.8, 4) is 0 Å². The third-order valence-corrected chi connectivity index (χ3v) is 4.83. The summed E-state index contributed by atoms with van der Waals surface area (Å²) in [7, 11) is 0. The van der Waals surface area contributed by atoms with Gasteiger partial charge in [-0.25, -0.2) is 9.59 Å². The summed E-state index contributed by atoms with van der Waals surface area (Å²) in [6.07, 6.45) is 4.33. The molecule has 0 amide bonds.